The third kappa shape index (κ3) is 7.54. The molecular formula is C28H32N5O7P. The van der Waals surface area contributed by atoms with E-state index in [0.717, 1.165) is 35.1 Å². The number of nitrogens with two attached hydrogens (primary N) is 1. The maximum absolute atomic E-state index is 11.4. The second kappa shape index (κ2) is 13.0. The summed E-state index contributed by atoms with van der Waals surface area (Å²) in [5.41, 5.74) is 9.65. The molecule has 4 aromatic rings. The van der Waals surface area contributed by atoms with Gasteiger partial charge in [0.2, 0.25) is 0 Å². The molecule has 12 nitrogen and oxygen atoms in total. The van der Waals surface area contributed by atoms with Gasteiger partial charge in [0, 0.05) is 23.9 Å². The lowest BCUT2D eigenvalue weighted by Gasteiger charge is -2.14. The van der Waals surface area contributed by atoms with Crippen molar-refractivity contribution < 1.29 is 33.5 Å². The molecule has 6 N–H and O–H groups in total. The number of fused-ring (bicyclic) bond motifs is 3. The van der Waals surface area contributed by atoms with Gasteiger partial charge in [-0.05, 0) is 54.7 Å². The van der Waals surface area contributed by atoms with Crippen LogP contribution in [0.15, 0.2) is 36.4 Å². The minimum absolute atomic E-state index is 0.0611. The zero-order valence-corrected chi connectivity index (χ0v) is 23.4. The first kappa shape index (κ1) is 29.8. The quantitative estimate of drug-likeness (QED) is 0.0894. The monoisotopic (exact) mass is 581 g/mol. The van der Waals surface area contributed by atoms with Gasteiger partial charge in [0.25, 0.3) is 5.91 Å². The van der Waals surface area contributed by atoms with Crippen LogP contribution in [0, 0.1) is 12.3 Å². The minimum Gasteiger partial charge on any atom is -0.508 e. The van der Waals surface area contributed by atoms with Gasteiger partial charge in [-0.3, -0.25) is 14.6 Å². The van der Waals surface area contributed by atoms with Crippen molar-refractivity contribution in [3.63, 3.8) is 0 Å². The maximum atomic E-state index is 11.4. The average molecular weight is 582 g/mol. The standard InChI is InChI=1S/C28H32N5O7P/c1-3-5-6-24-32-26-27(33(24)17-19-16-20(8-10-23(19)34)40-41(36,37)38)21-15-18(7-9-22(21)31-28(26)29)11-13-39-14-12-30-25(35)4-2/h2,7-10,15-16,34H,3,5-6,11-14,17H2,1H3,(H2,29,31)(H,30,35)(H2,36,37,38). The summed E-state index contributed by atoms with van der Waals surface area (Å²) in [4.78, 5) is 39.0. The Morgan fingerprint density at radius 3 is 2.71 bits per heavy atom. The highest BCUT2D eigenvalue weighted by molar-refractivity contribution is 7.46. The fourth-order valence-electron chi connectivity index (χ4n) is 4.49. The van der Waals surface area contributed by atoms with Crippen molar-refractivity contribution in [2.75, 3.05) is 25.5 Å². The van der Waals surface area contributed by atoms with Gasteiger partial charge >= 0.3 is 7.82 Å². The number of aryl methyl sites for hydroxylation is 1. The van der Waals surface area contributed by atoms with Gasteiger partial charge in [-0.2, -0.15) is 0 Å². The van der Waals surface area contributed by atoms with Crippen molar-refractivity contribution in [1.82, 2.24) is 19.9 Å². The Kier molecular flexibility index (Phi) is 9.47. The summed E-state index contributed by atoms with van der Waals surface area (Å²) in [5, 5.41) is 14.0. The number of nitrogens with one attached hydrogen (secondary N) is 1. The molecule has 216 valence electrons. The SMILES string of the molecule is C#CC(=O)NCCOCCc1ccc2nc(N)c3nc(CCCC)n(Cc4cc(OP(=O)(O)O)ccc4O)c3c2c1. The van der Waals surface area contributed by atoms with Gasteiger partial charge in [0.1, 0.15) is 22.8 Å². The molecule has 41 heavy (non-hydrogen) atoms. The number of hydrogen-bond acceptors (Lipinski definition) is 8. The molecule has 0 unspecified atom stereocenters. The number of carbonyl (C=O) groups is 1. The number of aromatic hydroxyl groups is 1. The smallest absolute Gasteiger partial charge is 0.508 e. The third-order valence-electron chi connectivity index (χ3n) is 6.40. The Hall–Kier alpha value is -4.14. The third-order valence-corrected chi connectivity index (χ3v) is 6.85. The van der Waals surface area contributed by atoms with Crippen molar-refractivity contribution in [3.8, 4) is 23.8 Å². The van der Waals surface area contributed by atoms with Gasteiger partial charge < -0.3 is 30.0 Å². The Morgan fingerprint density at radius 2 is 1.98 bits per heavy atom. The van der Waals surface area contributed by atoms with E-state index < -0.39 is 13.7 Å². The zero-order chi connectivity index (χ0) is 29.6. The molecule has 0 bridgehead atoms. The number of benzene rings is 2. The van der Waals surface area contributed by atoms with Crippen LogP contribution in [-0.4, -0.2) is 55.1 Å². The summed E-state index contributed by atoms with van der Waals surface area (Å²) < 4.78 is 23.7. The fraction of sp³-hybridized carbons (Fsp3) is 0.321. The first-order chi connectivity index (χ1) is 19.6. The summed E-state index contributed by atoms with van der Waals surface area (Å²) >= 11 is 0. The highest BCUT2D eigenvalue weighted by Gasteiger charge is 2.21. The Balaban J connectivity index is 1.71. The number of nitrogen functional groups attached to an aromatic ring is 1. The molecule has 0 spiro atoms. The van der Waals surface area contributed by atoms with Gasteiger partial charge in [-0.1, -0.05) is 19.4 Å². The molecule has 0 saturated heterocycles. The molecule has 0 aliphatic heterocycles. The van der Waals surface area contributed by atoms with Crippen LogP contribution < -0.4 is 15.6 Å². The number of amides is 1. The number of terminal acetylenes is 1. The second-order valence-corrected chi connectivity index (χ2v) is 10.6. The zero-order valence-electron chi connectivity index (χ0n) is 22.5. The normalized spacial score (nSPS) is 11.6. The van der Waals surface area contributed by atoms with E-state index in [2.05, 4.69) is 17.2 Å². The van der Waals surface area contributed by atoms with E-state index in [-0.39, 0.29) is 23.9 Å². The summed E-state index contributed by atoms with van der Waals surface area (Å²) in [6.07, 6.45) is 8.08. The highest BCUT2D eigenvalue weighted by Crippen LogP contribution is 2.39. The lowest BCUT2D eigenvalue weighted by Crippen LogP contribution is -2.25. The van der Waals surface area contributed by atoms with Crippen LogP contribution in [0.3, 0.4) is 0 Å². The number of phenols is 1. The number of phosphoric acid groups is 1. The van der Waals surface area contributed by atoms with Crippen LogP contribution >= 0.6 is 7.82 Å². The summed E-state index contributed by atoms with van der Waals surface area (Å²) in [5.74, 6) is 2.39. The number of nitrogens with zero attached hydrogens (tertiary/aromatic N) is 3. The van der Waals surface area contributed by atoms with E-state index in [4.69, 9.17) is 26.4 Å². The number of phosphoric ester groups is 1. The van der Waals surface area contributed by atoms with Crippen LogP contribution in [0.2, 0.25) is 0 Å². The summed E-state index contributed by atoms with van der Waals surface area (Å²) in [6.45, 7) is 3.28. The first-order valence-corrected chi connectivity index (χ1v) is 14.6. The summed E-state index contributed by atoms with van der Waals surface area (Å²) in [7, 11) is -4.79. The van der Waals surface area contributed by atoms with E-state index >= 15 is 0 Å². The van der Waals surface area contributed by atoms with Crippen LogP contribution in [0.4, 0.5) is 5.82 Å². The number of ether oxygens (including phenoxy) is 1. The Morgan fingerprint density at radius 1 is 1.17 bits per heavy atom. The molecule has 2 aromatic carbocycles. The van der Waals surface area contributed by atoms with Gasteiger partial charge in [0.15, 0.2) is 5.82 Å². The molecule has 2 aromatic heterocycles. The van der Waals surface area contributed by atoms with Crippen LogP contribution in [0.1, 0.15) is 36.7 Å². The van der Waals surface area contributed by atoms with E-state index in [1.165, 1.54) is 18.2 Å². The lowest BCUT2D eigenvalue weighted by molar-refractivity contribution is -0.115. The largest absolute Gasteiger partial charge is 0.524 e. The number of imidazole rings is 1. The van der Waals surface area contributed by atoms with Crippen molar-refractivity contribution in [1.29, 1.82) is 0 Å². The van der Waals surface area contributed by atoms with E-state index in [0.29, 0.717) is 49.2 Å². The number of anilines is 1. The van der Waals surface area contributed by atoms with Crippen LogP contribution in [-0.2, 0) is 33.5 Å². The molecule has 13 heteroatoms. The predicted molar refractivity (Wildman–Crippen MR) is 154 cm³/mol. The number of pyridine rings is 1. The Labute approximate surface area is 236 Å². The average Bonchev–Trinajstić information content (AvgIpc) is 3.29. The van der Waals surface area contributed by atoms with E-state index in [9.17, 15) is 24.3 Å². The van der Waals surface area contributed by atoms with Gasteiger partial charge in [-0.25, -0.2) is 14.5 Å². The molecule has 2 heterocycles. The van der Waals surface area contributed by atoms with E-state index in [1.807, 2.05) is 28.7 Å². The van der Waals surface area contributed by atoms with E-state index in [1.54, 1.807) is 0 Å². The lowest BCUT2D eigenvalue weighted by atomic mass is 10.1. The van der Waals surface area contributed by atoms with Crippen LogP contribution in [0.5, 0.6) is 11.5 Å². The van der Waals surface area contributed by atoms with Gasteiger partial charge in [-0.15, -0.1) is 6.42 Å². The maximum Gasteiger partial charge on any atom is 0.524 e. The Bertz CT molecular complexity index is 1660. The fourth-order valence-corrected chi connectivity index (χ4v) is 4.88. The number of aromatic nitrogens is 3. The number of unbranched alkanes of at least 4 members (excludes halogenated alkanes) is 1. The molecule has 0 saturated carbocycles. The van der Waals surface area contributed by atoms with Crippen molar-refractivity contribution >= 4 is 41.5 Å². The first-order valence-electron chi connectivity index (χ1n) is 13.1. The molecule has 0 atom stereocenters. The van der Waals surface area contributed by atoms with Gasteiger partial charge in [0.05, 0.1) is 30.8 Å². The van der Waals surface area contributed by atoms with Crippen molar-refractivity contribution in [2.24, 2.45) is 0 Å². The molecule has 1 amide bonds. The van der Waals surface area contributed by atoms with Crippen LogP contribution in [0.25, 0.3) is 21.9 Å². The highest BCUT2D eigenvalue weighted by atomic mass is 31.2. The molecule has 4 rings (SSSR count). The molecule has 0 aliphatic carbocycles. The number of rotatable bonds is 13. The number of phenolic OH excluding ortho intramolecular Hbond substituents is 1. The molecular weight excluding hydrogens is 549 g/mol. The molecule has 0 fully saturated rings. The van der Waals surface area contributed by atoms with Crippen molar-refractivity contribution in [2.45, 2.75) is 39.2 Å². The second-order valence-electron chi connectivity index (χ2n) is 9.40. The predicted octanol–water partition coefficient (Wildman–Crippen LogP) is 3.04. The van der Waals surface area contributed by atoms with Crippen molar-refractivity contribution in [3.05, 3.63) is 53.3 Å². The minimum atomic E-state index is -4.79. The number of carbonyl (C=O) groups excluding carboxylic acids is 1. The molecule has 0 aliphatic rings. The number of hydrogen-bond donors (Lipinski definition) is 5. The molecule has 0 radical (unpaired) electrons. The summed E-state index contributed by atoms with van der Waals surface area (Å²) in [6, 6.07) is 9.83. The topological polar surface area (TPSA) is 182 Å².